The first-order valence-corrected chi connectivity index (χ1v) is 10.8. The molecule has 1 amide bonds. The molecule has 9 heteroatoms. The van der Waals surface area contributed by atoms with Crippen LogP contribution in [0, 0.1) is 11.3 Å². The number of amides is 1. The van der Waals surface area contributed by atoms with Gasteiger partial charge in [0.1, 0.15) is 10.7 Å². The molecule has 1 aromatic carbocycles. The molecule has 0 aliphatic carbocycles. The van der Waals surface area contributed by atoms with Gasteiger partial charge in [0.05, 0.1) is 23.5 Å². The Balaban J connectivity index is 1.86. The van der Waals surface area contributed by atoms with Crippen LogP contribution in [0.15, 0.2) is 30.0 Å². The number of carbonyl (C=O) groups is 3. The van der Waals surface area contributed by atoms with Gasteiger partial charge in [-0.2, -0.15) is 0 Å². The van der Waals surface area contributed by atoms with Crippen LogP contribution in [0.2, 0.25) is 0 Å². The SMILES string of the molecule is CNC(=S)c1ccc(C2=C(C(=O)OCOC(=O)C(C)(C)C)N3C(=O)C([C@@H](C)O)C3C2)cc1. The van der Waals surface area contributed by atoms with Crippen LogP contribution in [0.3, 0.4) is 0 Å². The maximum Gasteiger partial charge on any atom is 0.358 e. The van der Waals surface area contributed by atoms with E-state index in [1.165, 1.54) is 4.90 Å². The zero-order chi connectivity index (χ0) is 23.8. The lowest BCUT2D eigenvalue weighted by atomic mass is 9.82. The van der Waals surface area contributed by atoms with Crippen molar-refractivity contribution in [1.29, 1.82) is 0 Å². The second-order valence-electron chi connectivity index (χ2n) is 8.96. The smallest absolute Gasteiger partial charge is 0.358 e. The Labute approximate surface area is 192 Å². The fourth-order valence-corrected chi connectivity index (χ4v) is 4.04. The first kappa shape index (κ1) is 23.9. The molecule has 2 unspecified atom stereocenters. The molecule has 8 nitrogen and oxygen atoms in total. The summed E-state index contributed by atoms with van der Waals surface area (Å²) in [5.74, 6) is -2.16. The van der Waals surface area contributed by atoms with Crippen molar-refractivity contribution >= 4 is 40.6 Å². The van der Waals surface area contributed by atoms with E-state index in [4.69, 9.17) is 21.7 Å². The molecular formula is C23H28N2O6S. The second kappa shape index (κ2) is 8.99. The van der Waals surface area contributed by atoms with Gasteiger partial charge in [-0.15, -0.1) is 0 Å². The molecule has 0 aromatic heterocycles. The average molecular weight is 461 g/mol. The van der Waals surface area contributed by atoms with Gasteiger partial charge < -0.3 is 24.8 Å². The Morgan fingerprint density at radius 3 is 2.41 bits per heavy atom. The molecule has 0 saturated carbocycles. The number of rotatable bonds is 6. The molecule has 3 atom stereocenters. The number of fused-ring (bicyclic) bond motifs is 1. The van der Waals surface area contributed by atoms with E-state index in [9.17, 15) is 19.5 Å². The van der Waals surface area contributed by atoms with Gasteiger partial charge in [0, 0.05) is 12.6 Å². The Morgan fingerprint density at radius 1 is 1.25 bits per heavy atom. The number of benzene rings is 1. The number of ether oxygens (including phenoxy) is 2. The standard InChI is InChI=1S/C23H28N2O6S/c1-12(26)17-16-10-15(13-6-8-14(9-7-13)19(32)24-5)18(25(16)20(17)27)21(28)30-11-31-22(29)23(2,3)4/h6-9,12,16-17,26H,10-11H2,1-5H3,(H,24,32)/t12-,16?,17?/m1/s1. The van der Waals surface area contributed by atoms with E-state index in [2.05, 4.69) is 5.32 Å². The molecule has 0 bridgehead atoms. The topological polar surface area (TPSA) is 105 Å². The summed E-state index contributed by atoms with van der Waals surface area (Å²) in [5, 5.41) is 12.9. The lowest BCUT2D eigenvalue weighted by Crippen LogP contribution is -2.61. The van der Waals surface area contributed by atoms with Gasteiger partial charge in [0.15, 0.2) is 0 Å². The third kappa shape index (κ3) is 4.40. The summed E-state index contributed by atoms with van der Waals surface area (Å²) in [6, 6.07) is 7.00. The molecule has 2 heterocycles. The fraction of sp³-hybridized carbons (Fsp3) is 0.478. The van der Waals surface area contributed by atoms with Gasteiger partial charge in [-0.25, -0.2) is 4.79 Å². The number of nitrogens with zero attached hydrogens (tertiary/aromatic N) is 1. The van der Waals surface area contributed by atoms with Crippen LogP contribution >= 0.6 is 12.2 Å². The van der Waals surface area contributed by atoms with Crippen molar-refractivity contribution in [1.82, 2.24) is 10.2 Å². The molecule has 2 aliphatic rings. The zero-order valence-corrected chi connectivity index (χ0v) is 19.6. The molecule has 0 spiro atoms. The van der Waals surface area contributed by atoms with Crippen LogP contribution in [0.1, 0.15) is 45.2 Å². The second-order valence-corrected chi connectivity index (χ2v) is 9.37. The monoisotopic (exact) mass is 460 g/mol. The maximum absolute atomic E-state index is 12.9. The minimum Gasteiger partial charge on any atom is -0.427 e. The van der Waals surface area contributed by atoms with Crippen LogP contribution in [-0.4, -0.2) is 58.8 Å². The number of aliphatic hydroxyl groups excluding tert-OH is 1. The number of thiocarbonyl (C=S) groups is 1. The van der Waals surface area contributed by atoms with Crippen molar-refractivity contribution in [2.75, 3.05) is 13.8 Å². The predicted octanol–water partition coefficient (Wildman–Crippen LogP) is 1.99. The van der Waals surface area contributed by atoms with Gasteiger partial charge in [0.25, 0.3) is 0 Å². The predicted molar refractivity (Wildman–Crippen MR) is 121 cm³/mol. The number of hydrogen-bond acceptors (Lipinski definition) is 7. The molecule has 1 fully saturated rings. The van der Waals surface area contributed by atoms with Crippen molar-refractivity contribution in [3.8, 4) is 0 Å². The highest BCUT2D eigenvalue weighted by molar-refractivity contribution is 7.80. The summed E-state index contributed by atoms with van der Waals surface area (Å²) in [7, 11) is 1.74. The van der Waals surface area contributed by atoms with Gasteiger partial charge in [-0.1, -0.05) is 36.5 Å². The van der Waals surface area contributed by atoms with Crippen LogP contribution in [0.5, 0.6) is 0 Å². The Morgan fingerprint density at radius 2 is 1.88 bits per heavy atom. The van der Waals surface area contributed by atoms with E-state index >= 15 is 0 Å². The zero-order valence-electron chi connectivity index (χ0n) is 18.8. The lowest BCUT2D eigenvalue weighted by Gasteiger charge is -2.44. The van der Waals surface area contributed by atoms with Crippen LogP contribution < -0.4 is 5.32 Å². The summed E-state index contributed by atoms with van der Waals surface area (Å²) in [5.41, 5.74) is 1.60. The van der Waals surface area contributed by atoms with Crippen molar-refractivity contribution < 1.29 is 29.0 Å². The molecule has 1 aromatic rings. The Bertz CT molecular complexity index is 977. The highest BCUT2D eigenvalue weighted by Gasteiger charge is 2.57. The number of β-lactam (4-membered cyclic amide) rings is 1. The molecule has 3 rings (SSSR count). The molecule has 0 radical (unpaired) electrons. The van der Waals surface area contributed by atoms with Crippen molar-refractivity contribution in [2.45, 2.75) is 46.3 Å². The highest BCUT2D eigenvalue weighted by Crippen LogP contribution is 2.47. The minimum absolute atomic E-state index is 0.118. The Kier molecular flexibility index (Phi) is 6.71. The van der Waals surface area contributed by atoms with Crippen molar-refractivity contribution in [2.24, 2.45) is 11.3 Å². The summed E-state index contributed by atoms with van der Waals surface area (Å²) in [4.78, 5) is 39.5. The first-order valence-electron chi connectivity index (χ1n) is 10.4. The number of hydrogen-bond donors (Lipinski definition) is 2. The highest BCUT2D eigenvalue weighted by atomic mass is 32.1. The molecule has 32 heavy (non-hydrogen) atoms. The summed E-state index contributed by atoms with van der Waals surface area (Å²) in [6.45, 7) is 6.09. The maximum atomic E-state index is 12.9. The molecule has 2 aliphatic heterocycles. The van der Waals surface area contributed by atoms with E-state index in [1.807, 2.05) is 24.3 Å². The molecule has 172 valence electrons. The summed E-state index contributed by atoms with van der Waals surface area (Å²) >= 11 is 5.25. The van der Waals surface area contributed by atoms with E-state index < -0.39 is 36.2 Å². The van der Waals surface area contributed by atoms with E-state index in [1.54, 1.807) is 34.7 Å². The van der Waals surface area contributed by atoms with Gasteiger partial charge in [0.2, 0.25) is 12.7 Å². The van der Waals surface area contributed by atoms with E-state index in [0.29, 0.717) is 17.0 Å². The number of carbonyl (C=O) groups excluding carboxylic acids is 3. The summed E-state index contributed by atoms with van der Waals surface area (Å²) in [6.07, 6.45) is -0.424. The third-order valence-electron chi connectivity index (χ3n) is 5.64. The molecule has 1 saturated heterocycles. The third-order valence-corrected chi connectivity index (χ3v) is 6.08. The average Bonchev–Trinajstić information content (AvgIpc) is 3.07. The lowest BCUT2D eigenvalue weighted by molar-refractivity contribution is -0.175. The van der Waals surface area contributed by atoms with Crippen LogP contribution in [-0.2, 0) is 23.9 Å². The van der Waals surface area contributed by atoms with Crippen LogP contribution in [0.4, 0.5) is 0 Å². The van der Waals surface area contributed by atoms with Crippen molar-refractivity contribution in [3.05, 3.63) is 41.1 Å². The minimum atomic E-state index is -0.830. The van der Waals surface area contributed by atoms with Gasteiger partial charge in [-0.05, 0) is 45.3 Å². The van der Waals surface area contributed by atoms with E-state index in [-0.39, 0.29) is 17.6 Å². The molecular weight excluding hydrogens is 432 g/mol. The normalized spacial score (nSPS) is 20.9. The Hall–Kier alpha value is -2.78. The van der Waals surface area contributed by atoms with Crippen molar-refractivity contribution in [3.63, 3.8) is 0 Å². The number of aliphatic hydroxyl groups is 1. The van der Waals surface area contributed by atoms with Crippen LogP contribution in [0.25, 0.3) is 5.57 Å². The van der Waals surface area contributed by atoms with Gasteiger partial charge in [-0.3, -0.25) is 9.59 Å². The van der Waals surface area contributed by atoms with Gasteiger partial charge >= 0.3 is 11.9 Å². The van der Waals surface area contributed by atoms with E-state index in [0.717, 1.165) is 11.1 Å². The fourth-order valence-electron chi connectivity index (χ4n) is 3.91. The largest absolute Gasteiger partial charge is 0.427 e. The first-order chi connectivity index (χ1) is 15.0. The summed E-state index contributed by atoms with van der Waals surface area (Å²) < 4.78 is 10.2. The number of nitrogens with one attached hydrogen (secondary N) is 1. The quantitative estimate of drug-likeness (QED) is 0.287. The molecule has 2 N–H and O–H groups in total. The number of esters is 2.